The Bertz CT molecular complexity index is 909. The van der Waals surface area contributed by atoms with Crippen molar-refractivity contribution in [3.63, 3.8) is 0 Å². The summed E-state index contributed by atoms with van der Waals surface area (Å²) >= 11 is 0. The Kier molecular flexibility index (Phi) is 5.21. The van der Waals surface area contributed by atoms with Crippen molar-refractivity contribution >= 4 is 5.90 Å². The molecule has 0 spiro atoms. The highest BCUT2D eigenvalue weighted by molar-refractivity contribution is 5.95. The van der Waals surface area contributed by atoms with Crippen LogP contribution in [0, 0.1) is 17.8 Å². The largest absolute Gasteiger partial charge is 0.475 e. The van der Waals surface area contributed by atoms with E-state index in [1.165, 1.54) is 49.7 Å². The summed E-state index contributed by atoms with van der Waals surface area (Å²) in [5.41, 5.74) is 5.05. The van der Waals surface area contributed by atoms with Crippen LogP contribution in [0.25, 0.3) is 11.1 Å². The standard InChI is InChI=1S/C28H35NO/c1-19-4-5-26-17-25(15-14-24(26)16-19)22-8-6-20(7-9-22)21-10-12-23(13-11-21)27-29-28(2,3)18-30-27/h6-13,19,24-26H,4-5,14-18H2,1-3H3. The summed E-state index contributed by atoms with van der Waals surface area (Å²) in [5.74, 6) is 4.46. The number of rotatable bonds is 3. The number of aliphatic imine (C=N–C) groups is 1. The van der Waals surface area contributed by atoms with Gasteiger partial charge in [-0.3, -0.25) is 0 Å². The Morgan fingerprint density at radius 3 is 2.03 bits per heavy atom. The van der Waals surface area contributed by atoms with Gasteiger partial charge in [0.25, 0.3) is 0 Å². The molecule has 2 nitrogen and oxygen atoms in total. The number of fused-ring (bicyclic) bond motifs is 1. The molecule has 0 aromatic heterocycles. The Balaban J connectivity index is 1.26. The van der Waals surface area contributed by atoms with Crippen molar-refractivity contribution in [1.82, 2.24) is 0 Å². The smallest absolute Gasteiger partial charge is 0.216 e. The zero-order valence-corrected chi connectivity index (χ0v) is 18.7. The van der Waals surface area contributed by atoms with E-state index in [-0.39, 0.29) is 5.54 Å². The van der Waals surface area contributed by atoms with Crippen LogP contribution in [0.1, 0.15) is 76.3 Å². The molecule has 0 bridgehead atoms. The summed E-state index contributed by atoms with van der Waals surface area (Å²) in [6, 6.07) is 18.0. The molecular weight excluding hydrogens is 366 g/mol. The van der Waals surface area contributed by atoms with Crippen LogP contribution in [0.4, 0.5) is 0 Å². The fourth-order valence-corrected chi connectivity index (χ4v) is 5.91. The zero-order chi connectivity index (χ0) is 20.7. The van der Waals surface area contributed by atoms with Gasteiger partial charge in [-0.25, -0.2) is 4.99 Å². The molecule has 5 rings (SSSR count). The lowest BCUT2D eigenvalue weighted by molar-refractivity contribution is 0.124. The van der Waals surface area contributed by atoms with Gasteiger partial charge in [-0.15, -0.1) is 0 Å². The van der Waals surface area contributed by atoms with Crippen molar-refractivity contribution in [2.45, 2.75) is 70.8 Å². The van der Waals surface area contributed by atoms with Crippen molar-refractivity contribution in [3.8, 4) is 11.1 Å². The van der Waals surface area contributed by atoms with Gasteiger partial charge in [0.2, 0.25) is 5.90 Å². The van der Waals surface area contributed by atoms with Crippen LogP contribution >= 0.6 is 0 Å². The molecule has 0 radical (unpaired) electrons. The number of ether oxygens (including phenoxy) is 1. The third-order valence-corrected chi connectivity index (χ3v) is 7.69. The van der Waals surface area contributed by atoms with Crippen LogP contribution in [0.3, 0.4) is 0 Å². The number of hydrogen-bond donors (Lipinski definition) is 0. The van der Waals surface area contributed by atoms with E-state index in [1.54, 1.807) is 5.56 Å². The fourth-order valence-electron chi connectivity index (χ4n) is 5.91. The molecule has 0 saturated heterocycles. The highest BCUT2D eigenvalue weighted by Gasteiger charge is 2.34. The third-order valence-electron chi connectivity index (χ3n) is 7.69. The predicted molar refractivity (Wildman–Crippen MR) is 125 cm³/mol. The molecule has 1 heterocycles. The predicted octanol–water partition coefficient (Wildman–Crippen LogP) is 7.23. The Morgan fingerprint density at radius 1 is 0.767 bits per heavy atom. The van der Waals surface area contributed by atoms with Gasteiger partial charge in [-0.05, 0) is 98.4 Å². The van der Waals surface area contributed by atoms with Gasteiger partial charge in [0, 0.05) is 5.56 Å². The summed E-state index contributed by atoms with van der Waals surface area (Å²) in [5, 5.41) is 0. The van der Waals surface area contributed by atoms with Crippen LogP contribution < -0.4 is 0 Å². The lowest BCUT2D eigenvalue weighted by atomic mass is 9.64. The Morgan fingerprint density at radius 2 is 1.37 bits per heavy atom. The SMILES string of the molecule is CC1CCC2CC(c3ccc(-c4ccc(C5=NC(C)(C)CO5)cc4)cc3)CCC2C1. The summed E-state index contributed by atoms with van der Waals surface area (Å²) < 4.78 is 5.78. The average Bonchev–Trinajstić information content (AvgIpc) is 3.13. The average molecular weight is 402 g/mol. The molecule has 0 amide bonds. The highest BCUT2D eigenvalue weighted by Crippen LogP contribution is 2.47. The quantitative estimate of drug-likeness (QED) is 0.531. The number of benzene rings is 2. The van der Waals surface area contributed by atoms with E-state index in [4.69, 9.17) is 4.74 Å². The van der Waals surface area contributed by atoms with E-state index in [9.17, 15) is 0 Å². The first-order chi connectivity index (χ1) is 14.5. The molecule has 4 atom stereocenters. The summed E-state index contributed by atoms with van der Waals surface area (Å²) in [6.07, 6.45) is 8.59. The normalized spacial score (nSPS) is 30.3. The molecule has 3 aliphatic rings. The van der Waals surface area contributed by atoms with Gasteiger partial charge in [-0.2, -0.15) is 0 Å². The van der Waals surface area contributed by atoms with Crippen molar-refractivity contribution < 1.29 is 4.74 Å². The van der Waals surface area contributed by atoms with E-state index in [1.807, 2.05) is 0 Å². The molecule has 2 heteroatoms. The molecule has 2 fully saturated rings. The molecular formula is C28H35NO. The molecule has 0 N–H and O–H groups in total. The minimum absolute atomic E-state index is 0.112. The van der Waals surface area contributed by atoms with Crippen molar-refractivity contribution in [3.05, 3.63) is 59.7 Å². The molecule has 2 aromatic carbocycles. The van der Waals surface area contributed by atoms with Gasteiger partial charge in [0.1, 0.15) is 6.61 Å². The topological polar surface area (TPSA) is 21.6 Å². The molecule has 158 valence electrons. The van der Waals surface area contributed by atoms with Gasteiger partial charge in [0.15, 0.2) is 0 Å². The maximum Gasteiger partial charge on any atom is 0.216 e. The van der Waals surface area contributed by atoms with Gasteiger partial charge >= 0.3 is 0 Å². The summed E-state index contributed by atoms with van der Waals surface area (Å²) in [4.78, 5) is 4.68. The second-order valence-electron chi connectivity index (χ2n) is 10.7. The van der Waals surface area contributed by atoms with Crippen molar-refractivity contribution in [2.24, 2.45) is 22.7 Å². The molecule has 2 aromatic rings. The maximum atomic E-state index is 5.78. The van der Waals surface area contributed by atoms with Crippen LogP contribution in [0.15, 0.2) is 53.5 Å². The second-order valence-corrected chi connectivity index (χ2v) is 10.7. The first-order valence-corrected chi connectivity index (χ1v) is 11.9. The van der Waals surface area contributed by atoms with E-state index < -0.39 is 0 Å². The summed E-state index contributed by atoms with van der Waals surface area (Å²) in [6.45, 7) is 7.32. The lowest BCUT2D eigenvalue weighted by Crippen LogP contribution is -2.29. The van der Waals surface area contributed by atoms with Gasteiger partial charge in [0.05, 0.1) is 5.54 Å². The van der Waals surface area contributed by atoms with Gasteiger partial charge < -0.3 is 4.74 Å². The molecule has 2 aliphatic carbocycles. The van der Waals surface area contributed by atoms with Gasteiger partial charge in [-0.1, -0.05) is 49.7 Å². The lowest BCUT2D eigenvalue weighted by Gasteiger charge is -2.41. The van der Waals surface area contributed by atoms with Crippen LogP contribution in [0.5, 0.6) is 0 Å². The minimum Gasteiger partial charge on any atom is -0.475 e. The molecule has 1 aliphatic heterocycles. The second kappa shape index (κ2) is 7.87. The zero-order valence-electron chi connectivity index (χ0n) is 18.7. The number of nitrogens with zero attached hydrogens (tertiary/aromatic N) is 1. The minimum atomic E-state index is -0.112. The molecule has 4 unspecified atom stereocenters. The van der Waals surface area contributed by atoms with Crippen LogP contribution in [-0.2, 0) is 4.74 Å². The first-order valence-electron chi connectivity index (χ1n) is 11.9. The van der Waals surface area contributed by atoms with Crippen molar-refractivity contribution in [1.29, 1.82) is 0 Å². The molecule has 30 heavy (non-hydrogen) atoms. The first kappa shape index (κ1) is 19.8. The van der Waals surface area contributed by atoms with E-state index in [0.29, 0.717) is 6.61 Å². The third kappa shape index (κ3) is 4.06. The van der Waals surface area contributed by atoms with E-state index in [2.05, 4.69) is 74.3 Å². The highest BCUT2D eigenvalue weighted by atomic mass is 16.5. The summed E-state index contributed by atoms with van der Waals surface area (Å²) in [7, 11) is 0. The van der Waals surface area contributed by atoms with Crippen LogP contribution in [-0.4, -0.2) is 18.0 Å². The molecule has 2 saturated carbocycles. The fraction of sp³-hybridized carbons (Fsp3) is 0.536. The maximum absolute atomic E-state index is 5.78. The van der Waals surface area contributed by atoms with Crippen LogP contribution in [0.2, 0.25) is 0 Å². The number of hydrogen-bond acceptors (Lipinski definition) is 2. The van der Waals surface area contributed by atoms with E-state index in [0.717, 1.165) is 35.1 Å². The Hall–Kier alpha value is -2.09. The van der Waals surface area contributed by atoms with Crippen molar-refractivity contribution in [2.75, 3.05) is 6.61 Å². The van der Waals surface area contributed by atoms with E-state index >= 15 is 0 Å². The Labute approximate surface area is 181 Å². The monoisotopic (exact) mass is 401 g/mol.